The van der Waals surface area contributed by atoms with Gasteiger partial charge >= 0.3 is 0 Å². The number of hydrogen-bond donors (Lipinski definition) is 0. The Morgan fingerprint density at radius 1 is 1.04 bits per heavy atom. The van der Waals surface area contributed by atoms with E-state index in [1.54, 1.807) is 7.11 Å². The van der Waals surface area contributed by atoms with Gasteiger partial charge in [0.25, 0.3) is 0 Å². The maximum absolute atomic E-state index is 5.22. The summed E-state index contributed by atoms with van der Waals surface area (Å²) in [5.74, 6) is 0.937. The molecular weight excluding hydrogens is 284 g/mol. The van der Waals surface area contributed by atoms with Gasteiger partial charge in [0.05, 0.1) is 7.11 Å². The van der Waals surface area contributed by atoms with Crippen molar-refractivity contribution in [3.63, 3.8) is 0 Å². The van der Waals surface area contributed by atoms with Crippen LogP contribution in [0.4, 0.5) is 0 Å². The van der Waals surface area contributed by atoms with Crippen LogP contribution in [0, 0.1) is 6.42 Å². The van der Waals surface area contributed by atoms with Crippen molar-refractivity contribution in [3.8, 4) is 5.75 Å². The van der Waals surface area contributed by atoms with Crippen LogP contribution >= 0.6 is 0 Å². The fraction of sp³-hybridized carbons (Fsp3) is 0.650. The lowest BCUT2D eigenvalue weighted by Gasteiger charge is -2.26. The van der Waals surface area contributed by atoms with Crippen LogP contribution in [0.3, 0.4) is 0 Å². The number of ether oxygens (including phenoxy) is 1. The van der Waals surface area contributed by atoms with E-state index < -0.39 is 0 Å². The second-order valence-electron chi connectivity index (χ2n) is 6.49. The van der Waals surface area contributed by atoms with Gasteiger partial charge in [-0.05, 0) is 82.5 Å². The zero-order valence-corrected chi connectivity index (χ0v) is 15.0. The van der Waals surface area contributed by atoms with E-state index >= 15 is 0 Å². The molecular formula is C20H33N2O. The van der Waals surface area contributed by atoms with E-state index in [0.29, 0.717) is 0 Å². The quantitative estimate of drug-likeness (QED) is 0.607. The normalized spacial score (nSPS) is 16.0. The van der Waals surface area contributed by atoms with Gasteiger partial charge in [0, 0.05) is 6.54 Å². The summed E-state index contributed by atoms with van der Waals surface area (Å²) in [4.78, 5) is 5.16. The molecule has 0 N–H and O–H groups in total. The van der Waals surface area contributed by atoms with Crippen molar-refractivity contribution in [1.29, 1.82) is 0 Å². The highest BCUT2D eigenvalue weighted by Crippen LogP contribution is 2.14. The second-order valence-corrected chi connectivity index (χ2v) is 6.49. The summed E-state index contributed by atoms with van der Waals surface area (Å²) in [5.41, 5.74) is 1.37. The zero-order chi connectivity index (χ0) is 16.3. The van der Waals surface area contributed by atoms with Crippen molar-refractivity contribution in [2.75, 3.05) is 39.8 Å². The van der Waals surface area contributed by atoms with Gasteiger partial charge in [0.1, 0.15) is 5.75 Å². The minimum Gasteiger partial charge on any atom is -0.497 e. The molecule has 0 aliphatic carbocycles. The topological polar surface area (TPSA) is 15.7 Å². The van der Waals surface area contributed by atoms with Crippen LogP contribution in [0.1, 0.15) is 44.6 Å². The molecule has 0 saturated carbocycles. The van der Waals surface area contributed by atoms with Crippen molar-refractivity contribution in [1.82, 2.24) is 9.80 Å². The number of benzene rings is 1. The van der Waals surface area contributed by atoms with Crippen molar-refractivity contribution in [2.45, 2.75) is 45.6 Å². The minimum absolute atomic E-state index is 0.937. The summed E-state index contributed by atoms with van der Waals surface area (Å²) < 4.78 is 5.22. The molecule has 1 aliphatic rings. The Balaban J connectivity index is 1.60. The van der Waals surface area contributed by atoms with Gasteiger partial charge in [-0.2, -0.15) is 0 Å². The summed E-state index contributed by atoms with van der Waals surface area (Å²) in [6.07, 6.45) is 9.00. The number of rotatable bonds is 10. The Labute approximate surface area is 142 Å². The lowest BCUT2D eigenvalue weighted by molar-refractivity contribution is 0.240. The number of nitrogens with zero attached hydrogens (tertiary/aromatic N) is 2. The van der Waals surface area contributed by atoms with Crippen LogP contribution in [0.25, 0.3) is 0 Å². The molecule has 3 nitrogen and oxygen atoms in total. The first-order chi connectivity index (χ1) is 11.3. The van der Waals surface area contributed by atoms with E-state index in [9.17, 15) is 0 Å². The zero-order valence-electron chi connectivity index (χ0n) is 15.0. The van der Waals surface area contributed by atoms with Gasteiger partial charge < -0.3 is 9.64 Å². The van der Waals surface area contributed by atoms with Crippen LogP contribution in [0.2, 0.25) is 0 Å². The maximum Gasteiger partial charge on any atom is 0.118 e. The highest BCUT2D eigenvalue weighted by molar-refractivity contribution is 5.27. The molecule has 1 heterocycles. The Morgan fingerprint density at radius 3 is 2.43 bits per heavy atom. The second kappa shape index (κ2) is 10.7. The molecule has 3 heteroatoms. The number of hydrogen-bond acceptors (Lipinski definition) is 3. The van der Waals surface area contributed by atoms with Crippen LogP contribution in [0.5, 0.6) is 5.75 Å². The maximum atomic E-state index is 5.22. The molecule has 1 aromatic carbocycles. The predicted molar refractivity (Wildman–Crippen MR) is 97.8 cm³/mol. The lowest BCUT2D eigenvalue weighted by Crippen LogP contribution is -2.31. The highest BCUT2D eigenvalue weighted by Gasteiger charge is 2.09. The fourth-order valence-corrected chi connectivity index (χ4v) is 3.21. The third-order valence-electron chi connectivity index (χ3n) is 4.76. The fourth-order valence-electron chi connectivity index (χ4n) is 3.21. The Kier molecular flexibility index (Phi) is 8.48. The van der Waals surface area contributed by atoms with Crippen LogP contribution in [0.15, 0.2) is 24.3 Å². The number of unbranched alkanes of at least 4 members (excludes halogenated alkanes) is 2. The number of likely N-dealkylation sites (tertiary alicyclic amines) is 1. The van der Waals surface area contributed by atoms with Crippen molar-refractivity contribution in [3.05, 3.63) is 36.2 Å². The molecule has 1 saturated heterocycles. The van der Waals surface area contributed by atoms with E-state index in [1.807, 2.05) is 0 Å². The molecule has 129 valence electrons. The van der Waals surface area contributed by atoms with Crippen molar-refractivity contribution >= 4 is 0 Å². The number of piperidine rings is 1. The first kappa shape index (κ1) is 18.3. The summed E-state index contributed by atoms with van der Waals surface area (Å²) in [6, 6.07) is 8.46. The standard InChI is InChI=1S/C20H33N2O/c1-3-21(18-19-10-12-20(23-2)13-11-19)14-6-4-7-15-22-16-8-5-9-17-22/h5,10-13H,3-4,6-9,14-18H2,1-2H3. The Hall–Kier alpha value is -1.06. The summed E-state index contributed by atoms with van der Waals surface area (Å²) in [5, 5.41) is 0. The predicted octanol–water partition coefficient (Wildman–Crippen LogP) is 3.99. The smallest absolute Gasteiger partial charge is 0.118 e. The molecule has 0 bridgehead atoms. The lowest BCUT2D eigenvalue weighted by atomic mass is 10.1. The van der Waals surface area contributed by atoms with Gasteiger partial charge in [-0.3, -0.25) is 4.90 Å². The monoisotopic (exact) mass is 317 g/mol. The summed E-state index contributed by atoms with van der Waals surface area (Å²) in [6.45, 7) is 9.47. The molecule has 23 heavy (non-hydrogen) atoms. The first-order valence-electron chi connectivity index (χ1n) is 9.21. The van der Waals surface area contributed by atoms with Crippen LogP contribution < -0.4 is 4.74 Å². The van der Waals surface area contributed by atoms with E-state index in [2.05, 4.69) is 47.4 Å². The van der Waals surface area contributed by atoms with E-state index in [0.717, 1.165) is 18.8 Å². The molecule has 1 aromatic rings. The van der Waals surface area contributed by atoms with Crippen LogP contribution in [-0.2, 0) is 6.54 Å². The first-order valence-corrected chi connectivity index (χ1v) is 9.21. The van der Waals surface area contributed by atoms with E-state index in [-0.39, 0.29) is 0 Å². The van der Waals surface area contributed by atoms with Gasteiger partial charge in [-0.1, -0.05) is 25.5 Å². The molecule has 1 fully saturated rings. The summed E-state index contributed by atoms with van der Waals surface area (Å²) in [7, 11) is 1.72. The highest BCUT2D eigenvalue weighted by atomic mass is 16.5. The molecule has 0 unspecified atom stereocenters. The Morgan fingerprint density at radius 2 is 1.78 bits per heavy atom. The third kappa shape index (κ3) is 6.92. The van der Waals surface area contributed by atoms with Gasteiger partial charge in [0.15, 0.2) is 0 Å². The third-order valence-corrected chi connectivity index (χ3v) is 4.76. The molecule has 0 spiro atoms. The average Bonchev–Trinajstić information content (AvgIpc) is 2.62. The molecule has 1 aliphatic heterocycles. The molecule has 0 atom stereocenters. The van der Waals surface area contributed by atoms with Crippen molar-refractivity contribution in [2.24, 2.45) is 0 Å². The molecule has 2 rings (SSSR count). The SMILES string of the molecule is CCN(CCCCCN1CC[CH]CC1)Cc1ccc(OC)cc1. The minimum atomic E-state index is 0.937. The summed E-state index contributed by atoms with van der Waals surface area (Å²) >= 11 is 0. The largest absolute Gasteiger partial charge is 0.497 e. The molecule has 1 radical (unpaired) electrons. The average molecular weight is 317 g/mol. The van der Waals surface area contributed by atoms with Gasteiger partial charge in [0.2, 0.25) is 0 Å². The van der Waals surface area contributed by atoms with Crippen LogP contribution in [-0.4, -0.2) is 49.6 Å². The van der Waals surface area contributed by atoms with E-state index in [1.165, 1.54) is 63.8 Å². The van der Waals surface area contributed by atoms with Gasteiger partial charge in [-0.15, -0.1) is 0 Å². The molecule has 0 aromatic heterocycles. The number of methoxy groups -OCH3 is 1. The van der Waals surface area contributed by atoms with Crippen molar-refractivity contribution < 1.29 is 4.74 Å². The van der Waals surface area contributed by atoms with E-state index in [4.69, 9.17) is 4.74 Å². The Bertz CT molecular complexity index is 412. The molecule has 0 amide bonds. The van der Waals surface area contributed by atoms with Gasteiger partial charge in [-0.25, -0.2) is 0 Å².